The molecular weight excluding hydrogens is 214 g/mol. The monoisotopic (exact) mass is 229 g/mol. The highest BCUT2D eigenvalue weighted by Gasteiger charge is 2.37. The molecule has 17 heavy (non-hydrogen) atoms. The first-order chi connectivity index (χ1) is 8.42. The second-order valence-corrected chi connectivity index (χ2v) is 4.11. The summed E-state index contributed by atoms with van der Waals surface area (Å²) >= 11 is 0. The predicted molar refractivity (Wildman–Crippen MR) is 64.6 cm³/mol. The average Bonchev–Trinajstić information content (AvgIpc) is 2.95. The number of nitrogens with one attached hydrogen (secondary N) is 1. The van der Waals surface area contributed by atoms with Crippen molar-refractivity contribution in [2.24, 2.45) is 0 Å². The van der Waals surface area contributed by atoms with E-state index in [1.807, 2.05) is 42.7 Å². The number of hydrogen-bond donors (Lipinski definition) is 1. The van der Waals surface area contributed by atoms with Gasteiger partial charge in [-0.15, -0.1) is 0 Å². The van der Waals surface area contributed by atoms with Gasteiger partial charge in [-0.1, -0.05) is 6.07 Å². The summed E-state index contributed by atoms with van der Waals surface area (Å²) < 4.78 is 8.10. The zero-order valence-electron chi connectivity index (χ0n) is 9.54. The molecule has 2 aromatic rings. The van der Waals surface area contributed by atoms with E-state index < -0.39 is 5.72 Å². The third-order valence-electron chi connectivity index (χ3n) is 3.07. The van der Waals surface area contributed by atoms with Crippen molar-refractivity contribution in [3.8, 4) is 0 Å². The van der Waals surface area contributed by atoms with Gasteiger partial charge in [-0.05, 0) is 24.3 Å². The van der Waals surface area contributed by atoms with Crippen LogP contribution in [0.4, 0.5) is 0 Å². The van der Waals surface area contributed by atoms with Gasteiger partial charge in [0.15, 0.2) is 5.72 Å². The number of aromatic nitrogens is 2. The van der Waals surface area contributed by atoms with Gasteiger partial charge in [0.25, 0.3) is 0 Å². The van der Waals surface area contributed by atoms with Gasteiger partial charge in [-0.2, -0.15) is 0 Å². The summed E-state index contributed by atoms with van der Waals surface area (Å²) in [4.78, 5) is 4.44. The summed E-state index contributed by atoms with van der Waals surface area (Å²) in [6.07, 6.45) is 5.84. The van der Waals surface area contributed by atoms with Crippen molar-refractivity contribution >= 4 is 0 Å². The minimum absolute atomic E-state index is 0.511. The Kier molecular flexibility index (Phi) is 2.66. The van der Waals surface area contributed by atoms with Crippen LogP contribution in [0.5, 0.6) is 0 Å². The molecular formula is C13H15N3O. The van der Waals surface area contributed by atoms with Crippen LogP contribution in [0.25, 0.3) is 0 Å². The summed E-state index contributed by atoms with van der Waals surface area (Å²) in [6, 6.07) is 9.92. The van der Waals surface area contributed by atoms with Crippen LogP contribution in [-0.2, 0) is 10.5 Å². The fourth-order valence-electron chi connectivity index (χ4n) is 2.23. The molecule has 1 N–H and O–H groups in total. The lowest BCUT2D eigenvalue weighted by Crippen LogP contribution is -2.52. The van der Waals surface area contributed by atoms with Gasteiger partial charge < -0.3 is 14.6 Å². The average molecular weight is 229 g/mol. The van der Waals surface area contributed by atoms with Gasteiger partial charge in [0.2, 0.25) is 0 Å². The van der Waals surface area contributed by atoms with Crippen LogP contribution in [0, 0.1) is 0 Å². The molecule has 0 aromatic carbocycles. The van der Waals surface area contributed by atoms with Crippen molar-refractivity contribution in [3.63, 3.8) is 0 Å². The standard InChI is InChI=1S/C13H15N3O/c1-2-6-15-12(5-1)13(11-14-7-10-17-13)16-8-3-4-9-16/h1-6,8-9,14H,7,10-11H2. The molecule has 1 saturated heterocycles. The normalized spacial score (nSPS) is 24.7. The smallest absolute Gasteiger partial charge is 0.200 e. The van der Waals surface area contributed by atoms with E-state index >= 15 is 0 Å². The Labute approximate surface area is 100 Å². The first kappa shape index (κ1) is 10.5. The molecule has 0 bridgehead atoms. The molecule has 0 spiro atoms. The van der Waals surface area contributed by atoms with Crippen LogP contribution in [0.1, 0.15) is 5.69 Å². The molecule has 1 unspecified atom stereocenters. The Hall–Kier alpha value is -1.65. The van der Waals surface area contributed by atoms with Crippen molar-refractivity contribution in [3.05, 3.63) is 54.6 Å². The predicted octanol–water partition coefficient (Wildman–Crippen LogP) is 1.20. The lowest BCUT2D eigenvalue weighted by molar-refractivity contribution is -0.0953. The fraction of sp³-hybridized carbons (Fsp3) is 0.308. The molecule has 1 atom stereocenters. The number of ether oxygens (including phenoxy) is 1. The van der Waals surface area contributed by atoms with Gasteiger partial charge >= 0.3 is 0 Å². The second-order valence-electron chi connectivity index (χ2n) is 4.11. The van der Waals surface area contributed by atoms with Crippen LogP contribution in [-0.4, -0.2) is 29.2 Å². The van der Waals surface area contributed by atoms with Crippen LogP contribution in [0.3, 0.4) is 0 Å². The van der Waals surface area contributed by atoms with Crippen LogP contribution in [0.15, 0.2) is 48.9 Å². The summed E-state index contributed by atoms with van der Waals surface area (Å²) in [5.41, 5.74) is 0.423. The van der Waals surface area contributed by atoms with E-state index in [1.165, 1.54) is 0 Å². The lowest BCUT2D eigenvalue weighted by Gasteiger charge is -2.38. The quantitative estimate of drug-likeness (QED) is 0.841. The van der Waals surface area contributed by atoms with Crippen molar-refractivity contribution in [2.45, 2.75) is 5.72 Å². The molecule has 4 heteroatoms. The minimum Gasteiger partial charge on any atom is -0.347 e. The number of hydrogen-bond acceptors (Lipinski definition) is 3. The van der Waals surface area contributed by atoms with Crippen molar-refractivity contribution in [1.29, 1.82) is 0 Å². The maximum absolute atomic E-state index is 6.03. The summed E-state index contributed by atoms with van der Waals surface area (Å²) in [5, 5.41) is 3.38. The van der Waals surface area contributed by atoms with E-state index in [4.69, 9.17) is 4.74 Å². The Morgan fingerprint density at radius 1 is 1.24 bits per heavy atom. The Balaban J connectivity index is 2.08. The molecule has 1 aliphatic heterocycles. The van der Waals surface area contributed by atoms with Gasteiger partial charge in [0, 0.05) is 25.1 Å². The molecule has 1 aliphatic rings. The third kappa shape index (κ3) is 1.75. The van der Waals surface area contributed by atoms with Crippen LogP contribution in [0.2, 0.25) is 0 Å². The largest absolute Gasteiger partial charge is 0.347 e. The number of rotatable bonds is 2. The van der Waals surface area contributed by atoms with E-state index in [-0.39, 0.29) is 0 Å². The first-order valence-corrected chi connectivity index (χ1v) is 5.81. The lowest BCUT2D eigenvalue weighted by atomic mass is 10.1. The number of nitrogens with zero attached hydrogens (tertiary/aromatic N) is 2. The third-order valence-corrected chi connectivity index (χ3v) is 3.07. The molecule has 88 valence electrons. The maximum atomic E-state index is 6.03. The van der Waals surface area contributed by atoms with Gasteiger partial charge in [0.1, 0.15) is 0 Å². The van der Waals surface area contributed by atoms with Crippen LogP contribution >= 0.6 is 0 Å². The Bertz CT molecular complexity index is 461. The topological polar surface area (TPSA) is 39.1 Å². The van der Waals surface area contributed by atoms with Crippen molar-refractivity contribution in [2.75, 3.05) is 19.7 Å². The minimum atomic E-state index is -0.511. The SMILES string of the molecule is c1ccc(C2(n3cccc3)CNCCO2)nc1. The van der Waals surface area contributed by atoms with Crippen molar-refractivity contribution < 1.29 is 4.74 Å². The highest BCUT2D eigenvalue weighted by Crippen LogP contribution is 2.27. The second kappa shape index (κ2) is 4.31. The molecule has 0 radical (unpaired) electrons. The molecule has 0 saturated carbocycles. The zero-order valence-corrected chi connectivity index (χ0v) is 9.54. The molecule has 0 aliphatic carbocycles. The number of pyridine rings is 1. The molecule has 3 rings (SSSR count). The van der Waals surface area contributed by atoms with E-state index in [9.17, 15) is 0 Å². The first-order valence-electron chi connectivity index (χ1n) is 5.81. The van der Waals surface area contributed by atoms with E-state index in [2.05, 4.69) is 14.9 Å². The van der Waals surface area contributed by atoms with E-state index in [0.717, 1.165) is 18.8 Å². The molecule has 0 amide bonds. The fourth-order valence-corrected chi connectivity index (χ4v) is 2.23. The molecule has 3 heterocycles. The Morgan fingerprint density at radius 3 is 2.76 bits per heavy atom. The Morgan fingerprint density at radius 2 is 2.12 bits per heavy atom. The molecule has 4 nitrogen and oxygen atoms in total. The summed E-state index contributed by atoms with van der Waals surface area (Å²) in [6.45, 7) is 2.31. The zero-order chi connectivity index (χ0) is 11.6. The highest BCUT2D eigenvalue weighted by atomic mass is 16.5. The van der Waals surface area contributed by atoms with Crippen LogP contribution < -0.4 is 5.32 Å². The molecule has 2 aromatic heterocycles. The number of morpholine rings is 1. The van der Waals surface area contributed by atoms with E-state index in [0.29, 0.717) is 6.61 Å². The van der Waals surface area contributed by atoms with Gasteiger partial charge in [0.05, 0.1) is 18.8 Å². The maximum Gasteiger partial charge on any atom is 0.200 e. The summed E-state index contributed by atoms with van der Waals surface area (Å²) in [7, 11) is 0. The van der Waals surface area contributed by atoms with Crippen molar-refractivity contribution in [1.82, 2.24) is 14.9 Å². The molecule has 1 fully saturated rings. The van der Waals surface area contributed by atoms with Gasteiger partial charge in [-0.3, -0.25) is 4.98 Å². The summed E-state index contributed by atoms with van der Waals surface area (Å²) in [5.74, 6) is 0. The highest BCUT2D eigenvalue weighted by molar-refractivity contribution is 5.17. The van der Waals surface area contributed by atoms with E-state index in [1.54, 1.807) is 6.20 Å². The van der Waals surface area contributed by atoms with Gasteiger partial charge in [-0.25, -0.2) is 0 Å².